The molecule has 112 valence electrons. The molecule has 2 unspecified atom stereocenters. The standard InChI is InChI=1S/C14H24N4O2/c1-14(2,3)20-13(19)18-11-5-4-10(8-11)17-9-12-15-6-7-16-12/h6-7,10-11,17H,4-5,8-9H2,1-3H3,(H,15,16)(H,18,19). The predicted molar refractivity (Wildman–Crippen MR) is 76.2 cm³/mol. The third-order valence-electron chi connectivity index (χ3n) is 3.27. The summed E-state index contributed by atoms with van der Waals surface area (Å²) in [7, 11) is 0. The number of aromatic nitrogens is 2. The molecule has 2 atom stereocenters. The molecule has 1 amide bonds. The maximum Gasteiger partial charge on any atom is 0.407 e. The zero-order valence-corrected chi connectivity index (χ0v) is 12.4. The maximum atomic E-state index is 11.7. The highest BCUT2D eigenvalue weighted by Gasteiger charge is 2.27. The molecule has 0 aliphatic heterocycles. The van der Waals surface area contributed by atoms with Gasteiger partial charge in [-0.05, 0) is 40.0 Å². The third kappa shape index (κ3) is 4.85. The molecule has 3 N–H and O–H groups in total. The van der Waals surface area contributed by atoms with E-state index in [0.29, 0.717) is 6.04 Å². The van der Waals surface area contributed by atoms with E-state index in [1.165, 1.54) is 0 Å². The van der Waals surface area contributed by atoms with Crippen molar-refractivity contribution in [2.45, 2.75) is 64.3 Å². The summed E-state index contributed by atoms with van der Waals surface area (Å²) in [6, 6.07) is 0.610. The van der Waals surface area contributed by atoms with Gasteiger partial charge in [0.25, 0.3) is 0 Å². The van der Waals surface area contributed by atoms with Crippen LogP contribution in [0.25, 0.3) is 0 Å². The first-order valence-electron chi connectivity index (χ1n) is 7.13. The van der Waals surface area contributed by atoms with E-state index < -0.39 is 5.60 Å². The molecule has 1 fully saturated rings. The molecule has 2 rings (SSSR count). The Labute approximate surface area is 119 Å². The van der Waals surface area contributed by atoms with Crippen molar-refractivity contribution in [3.05, 3.63) is 18.2 Å². The van der Waals surface area contributed by atoms with Crippen molar-refractivity contribution in [1.29, 1.82) is 0 Å². The Morgan fingerprint density at radius 2 is 2.20 bits per heavy atom. The van der Waals surface area contributed by atoms with E-state index in [0.717, 1.165) is 31.6 Å². The van der Waals surface area contributed by atoms with Gasteiger partial charge >= 0.3 is 6.09 Å². The second-order valence-corrected chi connectivity index (χ2v) is 6.27. The number of H-pyrrole nitrogens is 1. The van der Waals surface area contributed by atoms with Gasteiger partial charge in [0.2, 0.25) is 0 Å². The summed E-state index contributed by atoms with van der Waals surface area (Å²) in [6.45, 7) is 6.34. The molecule has 0 spiro atoms. The van der Waals surface area contributed by atoms with Crippen LogP contribution in [0.5, 0.6) is 0 Å². The van der Waals surface area contributed by atoms with Crippen molar-refractivity contribution in [3.63, 3.8) is 0 Å². The lowest BCUT2D eigenvalue weighted by Crippen LogP contribution is -2.39. The average molecular weight is 280 g/mol. The molecular weight excluding hydrogens is 256 g/mol. The summed E-state index contributed by atoms with van der Waals surface area (Å²) >= 11 is 0. The molecule has 1 heterocycles. The van der Waals surface area contributed by atoms with Gasteiger partial charge in [-0.25, -0.2) is 9.78 Å². The molecule has 20 heavy (non-hydrogen) atoms. The molecule has 0 saturated heterocycles. The van der Waals surface area contributed by atoms with Gasteiger partial charge in [-0.15, -0.1) is 0 Å². The summed E-state index contributed by atoms with van der Waals surface area (Å²) in [6.07, 6.45) is 6.21. The number of imidazole rings is 1. The second-order valence-electron chi connectivity index (χ2n) is 6.27. The number of nitrogens with zero attached hydrogens (tertiary/aromatic N) is 1. The Bertz CT molecular complexity index is 425. The summed E-state index contributed by atoms with van der Waals surface area (Å²) in [5, 5.41) is 6.38. The van der Waals surface area contributed by atoms with Crippen molar-refractivity contribution >= 4 is 6.09 Å². The number of aromatic amines is 1. The van der Waals surface area contributed by atoms with Crippen LogP contribution in [-0.2, 0) is 11.3 Å². The normalized spacial score (nSPS) is 22.8. The summed E-state index contributed by atoms with van der Waals surface area (Å²) in [5.74, 6) is 0.938. The van der Waals surface area contributed by atoms with Gasteiger partial charge in [0, 0.05) is 24.5 Å². The number of alkyl carbamates (subject to hydrolysis) is 1. The molecule has 1 aromatic rings. The molecular formula is C14H24N4O2. The molecule has 0 bridgehead atoms. The van der Waals surface area contributed by atoms with E-state index in [9.17, 15) is 4.79 Å². The molecule has 0 radical (unpaired) electrons. The highest BCUT2D eigenvalue weighted by molar-refractivity contribution is 5.68. The minimum absolute atomic E-state index is 0.193. The lowest BCUT2D eigenvalue weighted by atomic mass is 10.2. The van der Waals surface area contributed by atoms with E-state index in [1.807, 2.05) is 27.0 Å². The van der Waals surface area contributed by atoms with Crippen LogP contribution in [-0.4, -0.2) is 33.7 Å². The number of ether oxygens (including phenoxy) is 1. The Morgan fingerprint density at radius 1 is 1.45 bits per heavy atom. The fourth-order valence-electron chi connectivity index (χ4n) is 2.41. The lowest BCUT2D eigenvalue weighted by molar-refractivity contribution is 0.0505. The maximum absolute atomic E-state index is 11.7. The van der Waals surface area contributed by atoms with Gasteiger partial charge < -0.3 is 20.4 Å². The minimum Gasteiger partial charge on any atom is -0.444 e. The van der Waals surface area contributed by atoms with Gasteiger partial charge in [-0.3, -0.25) is 0 Å². The monoisotopic (exact) mass is 280 g/mol. The van der Waals surface area contributed by atoms with E-state index in [4.69, 9.17) is 4.74 Å². The van der Waals surface area contributed by atoms with E-state index in [-0.39, 0.29) is 12.1 Å². The molecule has 1 aliphatic carbocycles. The van der Waals surface area contributed by atoms with Crippen LogP contribution < -0.4 is 10.6 Å². The SMILES string of the molecule is CC(C)(C)OC(=O)NC1CCC(NCc2ncc[nH]2)C1. The highest BCUT2D eigenvalue weighted by Crippen LogP contribution is 2.20. The number of amides is 1. The summed E-state index contributed by atoms with van der Waals surface area (Å²) < 4.78 is 5.27. The number of carbonyl (C=O) groups excluding carboxylic acids is 1. The molecule has 0 aromatic carbocycles. The van der Waals surface area contributed by atoms with Gasteiger partial charge in [0.15, 0.2) is 0 Å². The van der Waals surface area contributed by atoms with Gasteiger partial charge in [-0.1, -0.05) is 0 Å². The number of carbonyl (C=O) groups is 1. The number of rotatable bonds is 4. The topological polar surface area (TPSA) is 79.0 Å². The first kappa shape index (κ1) is 14.8. The number of nitrogens with one attached hydrogen (secondary N) is 3. The molecule has 1 aliphatic rings. The van der Waals surface area contributed by atoms with Gasteiger partial charge in [0.1, 0.15) is 11.4 Å². The van der Waals surface area contributed by atoms with E-state index in [2.05, 4.69) is 20.6 Å². The van der Waals surface area contributed by atoms with E-state index >= 15 is 0 Å². The van der Waals surface area contributed by atoms with Crippen LogP contribution in [0.3, 0.4) is 0 Å². The average Bonchev–Trinajstić information content (AvgIpc) is 2.94. The van der Waals surface area contributed by atoms with Crippen LogP contribution in [0.1, 0.15) is 45.9 Å². The third-order valence-corrected chi connectivity index (χ3v) is 3.27. The van der Waals surface area contributed by atoms with Gasteiger partial charge in [0.05, 0.1) is 6.54 Å². The predicted octanol–water partition coefficient (Wildman–Crippen LogP) is 1.95. The lowest BCUT2D eigenvalue weighted by Gasteiger charge is -2.21. The molecule has 1 saturated carbocycles. The Balaban J connectivity index is 1.68. The molecule has 6 nitrogen and oxygen atoms in total. The number of hydrogen-bond donors (Lipinski definition) is 3. The van der Waals surface area contributed by atoms with Crippen LogP contribution in [0, 0.1) is 0 Å². The summed E-state index contributed by atoms with van der Waals surface area (Å²) in [4.78, 5) is 18.9. The smallest absolute Gasteiger partial charge is 0.407 e. The first-order chi connectivity index (χ1) is 9.42. The van der Waals surface area contributed by atoms with Crippen molar-refractivity contribution in [2.24, 2.45) is 0 Å². The second kappa shape index (κ2) is 6.26. The minimum atomic E-state index is -0.445. The van der Waals surface area contributed by atoms with Crippen molar-refractivity contribution in [2.75, 3.05) is 0 Å². The van der Waals surface area contributed by atoms with Crippen molar-refractivity contribution < 1.29 is 9.53 Å². The largest absolute Gasteiger partial charge is 0.444 e. The van der Waals surface area contributed by atoms with Crippen molar-refractivity contribution in [3.8, 4) is 0 Å². The molecule has 1 aromatic heterocycles. The van der Waals surface area contributed by atoms with Crippen LogP contribution in [0.4, 0.5) is 4.79 Å². The zero-order valence-electron chi connectivity index (χ0n) is 12.4. The zero-order chi connectivity index (χ0) is 14.6. The van der Waals surface area contributed by atoms with Crippen LogP contribution >= 0.6 is 0 Å². The Morgan fingerprint density at radius 3 is 2.85 bits per heavy atom. The Kier molecular flexibility index (Phi) is 4.65. The first-order valence-corrected chi connectivity index (χ1v) is 7.13. The number of hydrogen-bond acceptors (Lipinski definition) is 4. The fraction of sp³-hybridized carbons (Fsp3) is 0.714. The summed E-state index contributed by atoms with van der Waals surface area (Å²) in [5.41, 5.74) is -0.445. The van der Waals surface area contributed by atoms with Crippen molar-refractivity contribution in [1.82, 2.24) is 20.6 Å². The van der Waals surface area contributed by atoms with Gasteiger partial charge in [-0.2, -0.15) is 0 Å². The molecule has 6 heteroatoms. The van der Waals surface area contributed by atoms with Crippen LogP contribution in [0.15, 0.2) is 12.4 Å². The fourth-order valence-corrected chi connectivity index (χ4v) is 2.41. The quantitative estimate of drug-likeness (QED) is 0.787. The highest BCUT2D eigenvalue weighted by atomic mass is 16.6. The Hall–Kier alpha value is -1.56. The van der Waals surface area contributed by atoms with Crippen LogP contribution in [0.2, 0.25) is 0 Å². The van der Waals surface area contributed by atoms with E-state index in [1.54, 1.807) is 6.20 Å².